The van der Waals surface area contributed by atoms with Gasteiger partial charge in [-0.2, -0.15) is 0 Å². The molecule has 0 spiro atoms. The molecule has 0 aliphatic carbocycles. The van der Waals surface area contributed by atoms with E-state index in [1.807, 2.05) is 12.1 Å². The van der Waals surface area contributed by atoms with Crippen LogP contribution in [0.5, 0.6) is 5.75 Å². The number of rotatable bonds is 6. The van der Waals surface area contributed by atoms with E-state index >= 15 is 0 Å². The van der Waals surface area contributed by atoms with Crippen molar-refractivity contribution in [3.05, 3.63) is 69.5 Å². The normalized spacial score (nSPS) is 15.8. The van der Waals surface area contributed by atoms with Crippen LogP contribution in [0.3, 0.4) is 0 Å². The van der Waals surface area contributed by atoms with Gasteiger partial charge in [-0.05, 0) is 23.3 Å². The Labute approximate surface area is 151 Å². The van der Waals surface area contributed by atoms with Crippen molar-refractivity contribution in [2.45, 2.75) is 13.1 Å². The maximum Gasteiger partial charge on any atom is 0.269 e. The van der Waals surface area contributed by atoms with Gasteiger partial charge in [0.15, 0.2) is 11.6 Å². The first-order valence-electron chi connectivity index (χ1n) is 8.55. The molecule has 1 fully saturated rings. The first kappa shape index (κ1) is 18.3. The second kappa shape index (κ2) is 8.25. The van der Waals surface area contributed by atoms with Gasteiger partial charge in [-0.1, -0.05) is 18.2 Å². The molecule has 0 atom stereocenters. The lowest BCUT2D eigenvalue weighted by atomic mass is 10.1. The fourth-order valence-corrected chi connectivity index (χ4v) is 3.20. The third-order valence-corrected chi connectivity index (χ3v) is 4.61. The predicted molar refractivity (Wildman–Crippen MR) is 96.6 cm³/mol. The summed E-state index contributed by atoms with van der Waals surface area (Å²) in [5.74, 6) is -0.0789. The fourth-order valence-electron chi connectivity index (χ4n) is 3.20. The number of ether oxygens (including phenoxy) is 1. The van der Waals surface area contributed by atoms with E-state index in [2.05, 4.69) is 9.80 Å². The zero-order valence-electron chi connectivity index (χ0n) is 14.7. The molecule has 0 N–H and O–H groups in total. The Morgan fingerprint density at radius 2 is 1.65 bits per heavy atom. The molecule has 1 heterocycles. The molecule has 138 valence electrons. The van der Waals surface area contributed by atoms with E-state index in [-0.39, 0.29) is 22.2 Å². The summed E-state index contributed by atoms with van der Waals surface area (Å²) in [4.78, 5) is 15.1. The molecule has 0 radical (unpaired) electrons. The minimum absolute atomic E-state index is 0.127. The second-order valence-corrected chi connectivity index (χ2v) is 6.45. The predicted octanol–water partition coefficient (Wildman–Crippen LogP) is 3.06. The summed E-state index contributed by atoms with van der Waals surface area (Å²) in [6.07, 6.45) is 0. The maximum atomic E-state index is 13.8. The Bertz CT molecular complexity index is 776. The van der Waals surface area contributed by atoms with Crippen molar-refractivity contribution >= 4 is 5.69 Å². The SMILES string of the molecule is COc1ccc(CN2CCN(Cc3cccc([N+](=O)[O-])c3)CC2)cc1F. The van der Waals surface area contributed by atoms with Crippen LogP contribution >= 0.6 is 0 Å². The largest absolute Gasteiger partial charge is 0.494 e. The molecule has 2 aromatic carbocycles. The van der Waals surface area contributed by atoms with E-state index < -0.39 is 0 Å². The van der Waals surface area contributed by atoms with E-state index in [0.717, 1.165) is 37.3 Å². The zero-order valence-corrected chi connectivity index (χ0v) is 14.7. The number of methoxy groups -OCH3 is 1. The van der Waals surface area contributed by atoms with E-state index in [4.69, 9.17) is 4.74 Å². The maximum absolute atomic E-state index is 13.8. The second-order valence-electron chi connectivity index (χ2n) is 6.45. The number of non-ortho nitro benzene ring substituents is 1. The smallest absolute Gasteiger partial charge is 0.269 e. The number of hydrogen-bond acceptors (Lipinski definition) is 5. The van der Waals surface area contributed by atoms with E-state index in [1.54, 1.807) is 18.2 Å². The summed E-state index contributed by atoms with van der Waals surface area (Å²) in [5.41, 5.74) is 2.00. The Balaban J connectivity index is 1.52. The van der Waals surface area contributed by atoms with Crippen molar-refractivity contribution in [3.63, 3.8) is 0 Å². The standard InChI is InChI=1S/C19H22FN3O3/c1-26-19-6-5-16(12-18(19)20)14-22-9-7-21(8-10-22)13-15-3-2-4-17(11-15)23(24)25/h2-6,11-12H,7-10,13-14H2,1H3. The van der Waals surface area contributed by atoms with Crippen molar-refractivity contribution in [1.82, 2.24) is 9.80 Å². The molecular weight excluding hydrogens is 337 g/mol. The average Bonchev–Trinajstić information content (AvgIpc) is 2.64. The summed E-state index contributed by atoms with van der Waals surface area (Å²) < 4.78 is 18.7. The summed E-state index contributed by atoms with van der Waals surface area (Å²) in [5, 5.41) is 10.9. The van der Waals surface area contributed by atoms with Gasteiger partial charge in [0.2, 0.25) is 0 Å². The van der Waals surface area contributed by atoms with Crippen LogP contribution in [-0.4, -0.2) is 48.0 Å². The molecule has 6 nitrogen and oxygen atoms in total. The van der Waals surface area contributed by atoms with Crippen molar-refractivity contribution in [2.75, 3.05) is 33.3 Å². The summed E-state index contributed by atoms with van der Waals surface area (Å²) in [6, 6.07) is 11.8. The lowest BCUT2D eigenvalue weighted by molar-refractivity contribution is -0.384. The first-order chi connectivity index (χ1) is 12.5. The van der Waals surface area contributed by atoms with Crippen LogP contribution in [0.4, 0.5) is 10.1 Å². The van der Waals surface area contributed by atoms with Crippen LogP contribution in [0.2, 0.25) is 0 Å². The minimum Gasteiger partial charge on any atom is -0.494 e. The van der Waals surface area contributed by atoms with Crippen molar-refractivity contribution in [2.24, 2.45) is 0 Å². The molecule has 1 saturated heterocycles. The highest BCUT2D eigenvalue weighted by Crippen LogP contribution is 2.20. The molecule has 1 aliphatic rings. The van der Waals surface area contributed by atoms with Gasteiger partial charge in [-0.3, -0.25) is 19.9 Å². The fraction of sp³-hybridized carbons (Fsp3) is 0.368. The van der Waals surface area contributed by atoms with Gasteiger partial charge in [-0.15, -0.1) is 0 Å². The van der Waals surface area contributed by atoms with Gasteiger partial charge in [0.05, 0.1) is 12.0 Å². The van der Waals surface area contributed by atoms with Crippen LogP contribution < -0.4 is 4.74 Å². The molecule has 1 aliphatic heterocycles. The number of nitro benzene ring substituents is 1. The number of nitro groups is 1. The van der Waals surface area contributed by atoms with Crippen LogP contribution in [-0.2, 0) is 13.1 Å². The van der Waals surface area contributed by atoms with E-state index in [0.29, 0.717) is 13.1 Å². The molecule has 3 rings (SSSR count). The van der Waals surface area contributed by atoms with E-state index in [1.165, 1.54) is 19.2 Å². The third-order valence-electron chi connectivity index (χ3n) is 4.61. The molecule has 7 heteroatoms. The van der Waals surface area contributed by atoms with Crippen molar-refractivity contribution in [1.29, 1.82) is 0 Å². The average molecular weight is 359 g/mol. The highest BCUT2D eigenvalue weighted by molar-refractivity contribution is 5.34. The van der Waals surface area contributed by atoms with Crippen LogP contribution in [0.25, 0.3) is 0 Å². The van der Waals surface area contributed by atoms with Crippen molar-refractivity contribution in [3.8, 4) is 5.75 Å². The number of hydrogen-bond donors (Lipinski definition) is 0. The van der Waals surface area contributed by atoms with Crippen molar-refractivity contribution < 1.29 is 14.1 Å². The minimum atomic E-state index is -0.366. The summed E-state index contributed by atoms with van der Waals surface area (Å²) in [6.45, 7) is 4.91. The molecule has 26 heavy (non-hydrogen) atoms. The zero-order chi connectivity index (χ0) is 18.5. The van der Waals surface area contributed by atoms with Gasteiger partial charge in [-0.25, -0.2) is 4.39 Å². The molecule has 2 aromatic rings. The number of nitrogens with zero attached hydrogens (tertiary/aromatic N) is 3. The van der Waals surface area contributed by atoms with E-state index in [9.17, 15) is 14.5 Å². The Kier molecular flexibility index (Phi) is 5.80. The molecule has 0 bridgehead atoms. The van der Waals surface area contributed by atoms with Gasteiger partial charge < -0.3 is 4.74 Å². The highest BCUT2D eigenvalue weighted by atomic mass is 19.1. The lowest BCUT2D eigenvalue weighted by Gasteiger charge is -2.34. The Morgan fingerprint density at radius 3 is 2.19 bits per heavy atom. The number of benzene rings is 2. The quantitative estimate of drug-likeness (QED) is 0.586. The van der Waals surface area contributed by atoms with Crippen LogP contribution in [0, 0.1) is 15.9 Å². The molecule has 0 unspecified atom stereocenters. The lowest BCUT2D eigenvalue weighted by Crippen LogP contribution is -2.45. The molecule has 0 aromatic heterocycles. The Hall–Kier alpha value is -2.51. The molecule has 0 saturated carbocycles. The van der Waals surface area contributed by atoms with Gasteiger partial charge >= 0.3 is 0 Å². The molecular formula is C19H22FN3O3. The van der Waals surface area contributed by atoms with Gasteiger partial charge in [0, 0.05) is 51.4 Å². The third kappa shape index (κ3) is 4.56. The summed E-state index contributed by atoms with van der Waals surface area (Å²) in [7, 11) is 1.46. The van der Waals surface area contributed by atoms with Crippen LogP contribution in [0.15, 0.2) is 42.5 Å². The Morgan fingerprint density at radius 1 is 1.04 bits per heavy atom. The highest BCUT2D eigenvalue weighted by Gasteiger charge is 2.18. The van der Waals surface area contributed by atoms with Gasteiger partial charge in [0.1, 0.15) is 0 Å². The molecule has 0 amide bonds. The summed E-state index contributed by atoms with van der Waals surface area (Å²) >= 11 is 0. The van der Waals surface area contributed by atoms with Crippen LogP contribution in [0.1, 0.15) is 11.1 Å². The van der Waals surface area contributed by atoms with Gasteiger partial charge in [0.25, 0.3) is 5.69 Å². The monoisotopic (exact) mass is 359 g/mol. The first-order valence-corrected chi connectivity index (χ1v) is 8.55. The number of piperazine rings is 1. The topological polar surface area (TPSA) is 58.8 Å². The number of halogens is 1.